The van der Waals surface area contributed by atoms with E-state index < -0.39 is 0 Å². The van der Waals surface area contributed by atoms with E-state index in [2.05, 4.69) is 84.4 Å². The molecule has 3 aromatic rings. The highest BCUT2D eigenvalue weighted by molar-refractivity contribution is 5.80. The minimum atomic E-state index is 0.0208. The van der Waals surface area contributed by atoms with E-state index in [0.717, 1.165) is 37.9 Å². The Morgan fingerprint density at radius 2 is 1.62 bits per heavy atom. The Balaban J connectivity index is 1.44. The summed E-state index contributed by atoms with van der Waals surface area (Å²) in [4.78, 5) is 15.6. The fourth-order valence-electron chi connectivity index (χ4n) is 5.14. The lowest BCUT2D eigenvalue weighted by molar-refractivity contribution is -0.127. The van der Waals surface area contributed by atoms with Crippen LogP contribution in [0.15, 0.2) is 97.6 Å². The number of carbonyl (C=O) groups excluding carboxylic acids is 1. The zero-order chi connectivity index (χ0) is 23.8. The summed E-state index contributed by atoms with van der Waals surface area (Å²) in [5, 5.41) is 3.28. The van der Waals surface area contributed by atoms with Crippen molar-refractivity contribution >= 4 is 11.6 Å². The van der Waals surface area contributed by atoms with Crippen molar-refractivity contribution in [3.63, 3.8) is 0 Å². The summed E-state index contributed by atoms with van der Waals surface area (Å²) in [6.45, 7) is 7.63. The number of carbonyl (C=O) groups is 1. The molecule has 0 saturated heterocycles. The van der Waals surface area contributed by atoms with Gasteiger partial charge in [-0.1, -0.05) is 91.7 Å². The van der Waals surface area contributed by atoms with Gasteiger partial charge in [0.1, 0.15) is 0 Å². The molecule has 1 amide bonds. The summed E-state index contributed by atoms with van der Waals surface area (Å²) in [6, 6.07) is 29.6. The van der Waals surface area contributed by atoms with Crippen molar-refractivity contribution in [1.82, 2.24) is 5.32 Å². The first-order valence-corrected chi connectivity index (χ1v) is 12.5. The molecule has 1 aliphatic rings. The minimum absolute atomic E-state index is 0.0208. The molecule has 4 rings (SSSR count). The van der Waals surface area contributed by atoms with Crippen molar-refractivity contribution < 1.29 is 4.79 Å². The lowest BCUT2D eigenvalue weighted by Crippen LogP contribution is -2.37. The maximum absolute atomic E-state index is 13.3. The zero-order valence-electron chi connectivity index (χ0n) is 20.2. The molecule has 0 radical (unpaired) electrons. The molecular formula is C31H36N2O. The van der Waals surface area contributed by atoms with Crippen LogP contribution in [0.3, 0.4) is 0 Å². The summed E-state index contributed by atoms with van der Waals surface area (Å²) >= 11 is 0. The molecule has 34 heavy (non-hydrogen) atoms. The van der Waals surface area contributed by atoms with Gasteiger partial charge in [0.05, 0.1) is 6.04 Å². The summed E-state index contributed by atoms with van der Waals surface area (Å²) in [6.07, 6.45) is 6.29. The van der Waals surface area contributed by atoms with Crippen LogP contribution in [-0.2, 0) is 11.3 Å². The van der Waals surface area contributed by atoms with Crippen molar-refractivity contribution in [1.29, 1.82) is 0 Å². The molecule has 0 aromatic heterocycles. The SMILES string of the molecule is C=CCN(Cc1ccc([C@H]2CCCC[C@@H]2C(=O)N[C@@H](C)c2ccccc2)cc1)c1ccccc1. The number of rotatable bonds is 9. The molecule has 1 aliphatic carbocycles. The van der Waals surface area contributed by atoms with Gasteiger partial charge in [-0.15, -0.1) is 6.58 Å². The number of hydrogen-bond acceptors (Lipinski definition) is 2. The van der Waals surface area contributed by atoms with Gasteiger partial charge in [-0.25, -0.2) is 0 Å². The average Bonchev–Trinajstić information content (AvgIpc) is 2.90. The second-order valence-electron chi connectivity index (χ2n) is 9.38. The first kappa shape index (κ1) is 23.8. The average molecular weight is 453 g/mol. The van der Waals surface area contributed by atoms with Crippen LogP contribution in [0.4, 0.5) is 5.69 Å². The van der Waals surface area contributed by atoms with Gasteiger partial charge in [-0.05, 0) is 54.5 Å². The summed E-state index contributed by atoms with van der Waals surface area (Å²) in [5.74, 6) is 0.503. The summed E-state index contributed by atoms with van der Waals surface area (Å²) in [7, 11) is 0. The number of para-hydroxylation sites is 1. The molecule has 1 saturated carbocycles. The first-order chi connectivity index (χ1) is 16.7. The Kier molecular flexibility index (Phi) is 8.19. The van der Waals surface area contributed by atoms with Gasteiger partial charge in [0.15, 0.2) is 0 Å². The van der Waals surface area contributed by atoms with Crippen molar-refractivity contribution in [3.05, 3.63) is 114 Å². The van der Waals surface area contributed by atoms with Gasteiger partial charge >= 0.3 is 0 Å². The Morgan fingerprint density at radius 1 is 0.971 bits per heavy atom. The molecule has 3 heteroatoms. The topological polar surface area (TPSA) is 32.3 Å². The van der Waals surface area contributed by atoms with E-state index in [9.17, 15) is 4.79 Å². The number of amides is 1. The van der Waals surface area contributed by atoms with Crippen molar-refractivity contribution in [2.24, 2.45) is 5.92 Å². The Labute approximate surface area is 204 Å². The predicted molar refractivity (Wildman–Crippen MR) is 142 cm³/mol. The van der Waals surface area contributed by atoms with Gasteiger partial charge in [-0.3, -0.25) is 4.79 Å². The molecule has 0 aliphatic heterocycles. The number of nitrogens with zero attached hydrogens (tertiary/aromatic N) is 1. The van der Waals surface area contributed by atoms with Crippen molar-refractivity contribution in [2.45, 2.75) is 51.1 Å². The highest BCUT2D eigenvalue weighted by Crippen LogP contribution is 2.38. The zero-order valence-corrected chi connectivity index (χ0v) is 20.2. The van der Waals surface area contributed by atoms with E-state index in [4.69, 9.17) is 0 Å². The van der Waals surface area contributed by atoms with Crippen LogP contribution >= 0.6 is 0 Å². The van der Waals surface area contributed by atoms with Gasteiger partial charge < -0.3 is 10.2 Å². The minimum Gasteiger partial charge on any atom is -0.363 e. The number of nitrogens with one attached hydrogen (secondary N) is 1. The molecule has 1 fully saturated rings. The normalized spacial score (nSPS) is 18.6. The second-order valence-corrected chi connectivity index (χ2v) is 9.38. The third-order valence-electron chi connectivity index (χ3n) is 7.01. The fourth-order valence-corrected chi connectivity index (χ4v) is 5.14. The van der Waals surface area contributed by atoms with Gasteiger partial charge in [-0.2, -0.15) is 0 Å². The molecule has 3 nitrogen and oxygen atoms in total. The van der Waals surface area contributed by atoms with Crippen LogP contribution in [0.25, 0.3) is 0 Å². The van der Waals surface area contributed by atoms with E-state index >= 15 is 0 Å². The third-order valence-corrected chi connectivity index (χ3v) is 7.01. The molecule has 1 N–H and O–H groups in total. The molecule has 0 spiro atoms. The van der Waals surface area contributed by atoms with E-state index in [-0.39, 0.29) is 23.8 Å². The second kappa shape index (κ2) is 11.7. The third kappa shape index (κ3) is 5.96. The highest BCUT2D eigenvalue weighted by Gasteiger charge is 2.32. The van der Waals surface area contributed by atoms with Crippen LogP contribution in [0, 0.1) is 5.92 Å². The summed E-state index contributed by atoms with van der Waals surface area (Å²) < 4.78 is 0. The van der Waals surface area contributed by atoms with E-state index in [1.807, 2.05) is 30.3 Å². The van der Waals surface area contributed by atoms with Crippen molar-refractivity contribution in [3.8, 4) is 0 Å². The molecular weight excluding hydrogens is 416 g/mol. The first-order valence-electron chi connectivity index (χ1n) is 12.5. The number of benzene rings is 3. The maximum atomic E-state index is 13.3. The molecule has 3 atom stereocenters. The van der Waals surface area contributed by atoms with Gasteiger partial charge in [0, 0.05) is 24.7 Å². The van der Waals surface area contributed by atoms with Crippen LogP contribution < -0.4 is 10.2 Å². The molecule has 3 aromatic carbocycles. The Hall–Kier alpha value is -3.33. The molecule has 0 unspecified atom stereocenters. The lowest BCUT2D eigenvalue weighted by atomic mass is 9.74. The molecule has 176 valence electrons. The lowest BCUT2D eigenvalue weighted by Gasteiger charge is -2.32. The standard InChI is InChI=1S/C31H36N2O/c1-3-22-33(28-14-8-5-9-15-28)23-25-18-20-27(21-19-25)29-16-10-11-17-30(29)31(34)32-24(2)26-12-6-4-7-13-26/h3-9,12-15,18-21,24,29-30H,1,10-11,16-17,22-23H2,2H3,(H,32,34)/t24-,29+,30-/m0/s1. The number of hydrogen-bond donors (Lipinski definition) is 1. The monoisotopic (exact) mass is 452 g/mol. The van der Waals surface area contributed by atoms with E-state index in [1.54, 1.807) is 0 Å². The van der Waals surface area contributed by atoms with Gasteiger partial charge in [0.2, 0.25) is 5.91 Å². The van der Waals surface area contributed by atoms with Crippen LogP contribution in [0.1, 0.15) is 61.3 Å². The Morgan fingerprint density at radius 3 is 2.29 bits per heavy atom. The highest BCUT2D eigenvalue weighted by atomic mass is 16.1. The quantitative estimate of drug-likeness (QED) is 0.353. The maximum Gasteiger partial charge on any atom is 0.224 e. The van der Waals surface area contributed by atoms with Gasteiger partial charge in [0.25, 0.3) is 0 Å². The predicted octanol–water partition coefficient (Wildman–Crippen LogP) is 7.03. The smallest absolute Gasteiger partial charge is 0.224 e. The van der Waals surface area contributed by atoms with E-state index in [0.29, 0.717) is 0 Å². The van der Waals surface area contributed by atoms with Crippen LogP contribution in [0.5, 0.6) is 0 Å². The Bertz CT molecular complexity index is 1050. The van der Waals surface area contributed by atoms with Crippen molar-refractivity contribution in [2.75, 3.05) is 11.4 Å². The van der Waals surface area contributed by atoms with Crippen LogP contribution in [0.2, 0.25) is 0 Å². The summed E-state index contributed by atoms with van der Waals surface area (Å²) in [5.41, 5.74) is 4.90. The molecule has 0 bridgehead atoms. The fraction of sp³-hybridized carbons (Fsp3) is 0.323. The molecule has 0 heterocycles. The number of anilines is 1. The van der Waals surface area contributed by atoms with Crippen LogP contribution in [-0.4, -0.2) is 12.5 Å². The van der Waals surface area contributed by atoms with E-state index in [1.165, 1.54) is 23.2 Å². The largest absolute Gasteiger partial charge is 0.363 e.